The normalized spacial score (nSPS) is 11.6. The summed E-state index contributed by atoms with van der Waals surface area (Å²) >= 11 is 0. The van der Waals surface area contributed by atoms with Gasteiger partial charge in [0.1, 0.15) is 17.8 Å². The molecule has 2 aromatic carbocycles. The number of hydrogen-bond acceptors (Lipinski definition) is 4. The molecule has 0 aliphatic rings. The van der Waals surface area contributed by atoms with Crippen LogP contribution in [0, 0.1) is 5.82 Å². The maximum Gasteiger partial charge on any atom is 0.232 e. The minimum Gasteiger partial charge on any atom is -0.339 e. The number of rotatable bonds is 5. The molecule has 0 unspecified atom stereocenters. The Hall–Kier alpha value is -3.26. The smallest absolute Gasteiger partial charge is 0.232 e. The first-order valence-corrected chi connectivity index (χ1v) is 10.3. The molecule has 142 valence electrons. The number of nitrogens with one attached hydrogen (secondary N) is 2. The first kappa shape index (κ1) is 18.1. The number of fused-ring (bicyclic) bond motifs is 1. The Morgan fingerprint density at radius 3 is 2.57 bits per heavy atom. The van der Waals surface area contributed by atoms with E-state index >= 15 is 0 Å². The van der Waals surface area contributed by atoms with E-state index in [2.05, 4.69) is 19.7 Å². The Labute approximate surface area is 161 Å². The van der Waals surface area contributed by atoms with Crippen LogP contribution in [0.25, 0.3) is 33.5 Å². The van der Waals surface area contributed by atoms with E-state index < -0.39 is 10.0 Å². The Morgan fingerprint density at radius 1 is 1.04 bits per heavy atom. The lowest BCUT2D eigenvalue weighted by atomic mass is 10.1. The Bertz CT molecular complexity index is 1250. The molecule has 2 N–H and O–H groups in total. The Kier molecular flexibility index (Phi) is 4.56. The van der Waals surface area contributed by atoms with Crippen molar-refractivity contribution in [3.8, 4) is 22.5 Å². The van der Waals surface area contributed by atoms with Gasteiger partial charge >= 0.3 is 0 Å². The number of aromatic nitrogens is 3. The lowest BCUT2D eigenvalue weighted by Gasteiger charge is -2.08. The molecular weight excluding hydrogens is 379 g/mol. The third-order valence-corrected chi connectivity index (χ3v) is 5.68. The molecule has 8 heteroatoms. The minimum absolute atomic E-state index is 0.00613. The summed E-state index contributed by atoms with van der Waals surface area (Å²) in [7, 11) is -3.37. The van der Waals surface area contributed by atoms with E-state index in [1.54, 1.807) is 37.3 Å². The molecule has 4 aromatic rings. The molecule has 6 nitrogen and oxygen atoms in total. The number of halogens is 1. The molecule has 0 aliphatic heterocycles. The molecule has 0 atom stereocenters. The summed E-state index contributed by atoms with van der Waals surface area (Å²) in [5.74, 6) is -0.305. The first-order valence-electron chi connectivity index (χ1n) is 8.66. The highest BCUT2D eigenvalue weighted by Crippen LogP contribution is 2.31. The third kappa shape index (κ3) is 3.59. The van der Waals surface area contributed by atoms with E-state index in [4.69, 9.17) is 0 Å². The van der Waals surface area contributed by atoms with Crippen LogP contribution >= 0.6 is 0 Å². The molecule has 0 spiro atoms. The third-order valence-electron chi connectivity index (χ3n) is 4.37. The van der Waals surface area contributed by atoms with Crippen LogP contribution in [0.3, 0.4) is 0 Å². The van der Waals surface area contributed by atoms with E-state index in [9.17, 15) is 12.8 Å². The van der Waals surface area contributed by atoms with Crippen LogP contribution in [0.2, 0.25) is 0 Å². The van der Waals surface area contributed by atoms with Crippen molar-refractivity contribution >= 4 is 26.7 Å². The van der Waals surface area contributed by atoms with Gasteiger partial charge in [-0.2, -0.15) is 0 Å². The van der Waals surface area contributed by atoms with Crippen LogP contribution in [0.4, 0.5) is 10.1 Å². The predicted molar refractivity (Wildman–Crippen MR) is 108 cm³/mol. The van der Waals surface area contributed by atoms with Crippen molar-refractivity contribution in [2.45, 2.75) is 6.92 Å². The average Bonchev–Trinajstić information content (AvgIpc) is 3.12. The summed E-state index contributed by atoms with van der Waals surface area (Å²) in [6, 6.07) is 15.1. The van der Waals surface area contributed by atoms with E-state index in [1.165, 1.54) is 18.5 Å². The molecule has 0 radical (unpaired) electrons. The number of sulfonamides is 1. The van der Waals surface area contributed by atoms with E-state index in [-0.39, 0.29) is 11.6 Å². The number of benzene rings is 2. The van der Waals surface area contributed by atoms with Gasteiger partial charge in [0.2, 0.25) is 10.0 Å². The molecule has 2 aromatic heterocycles. The van der Waals surface area contributed by atoms with Gasteiger partial charge in [0.15, 0.2) is 0 Å². The van der Waals surface area contributed by atoms with Crippen LogP contribution in [0.1, 0.15) is 6.92 Å². The molecule has 0 saturated heterocycles. The van der Waals surface area contributed by atoms with Gasteiger partial charge in [-0.05, 0) is 55.0 Å². The van der Waals surface area contributed by atoms with Crippen molar-refractivity contribution in [3.63, 3.8) is 0 Å². The van der Waals surface area contributed by atoms with Crippen LogP contribution in [0.5, 0.6) is 0 Å². The van der Waals surface area contributed by atoms with Crippen molar-refractivity contribution in [1.29, 1.82) is 0 Å². The zero-order valence-corrected chi connectivity index (χ0v) is 15.8. The van der Waals surface area contributed by atoms with Gasteiger partial charge in [-0.15, -0.1) is 0 Å². The second-order valence-corrected chi connectivity index (χ2v) is 8.27. The van der Waals surface area contributed by atoms with Crippen LogP contribution < -0.4 is 4.72 Å². The van der Waals surface area contributed by atoms with Crippen LogP contribution in [-0.4, -0.2) is 29.1 Å². The fourth-order valence-corrected chi connectivity index (χ4v) is 3.57. The Balaban J connectivity index is 1.78. The van der Waals surface area contributed by atoms with E-state index in [0.717, 1.165) is 22.2 Å². The van der Waals surface area contributed by atoms with Gasteiger partial charge in [0, 0.05) is 22.3 Å². The average molecular weight is 396 g/mol. The first-order chi connectivity index (χ1) is 13.4. The van der Waals surface area contributed by atoms with Gasteiger partial charge in [0.25, 0.3) is 0 Å². The second kappa shape index (κ2) is 7.05. The second-order valence-electron chi connectivity index (χ2n) is 6.26. The molecule has 0 saturated carbocycles. The summed E-state index contributed by atoms with van der Waals surface area (Å²) in [4.78, 5) is 11.9. The van der Waals surface area contributed by atoms with Gasteiger partial charge in [-0.25, -0.2) is 22.8 Å². The summed E-state index contributed by atoms with van der Waals surface area (Å²) < 4.78 is 39.4. The summed E-state index contributed by atoms with van der Waals surface area (Å²) in [6.07, 6.45) is 1.45. The predicted octanol–water partition coefficient (Wildman–Crippen LogP) is 4.19. The molecule has 0 amide bonds. The number of H-pyrrole nitrogens is 1. The maximum absolute atomic E-state index is 13.2. The van der Waals surface area contributed by atoms with Crippen LogP contribution in [0.15, 0.2) is 60.9 Å². The van der Waals surface area contributed by atoms with E-state index in [0.29, 0.717) is 17.0 Å². The molecule has 0 aliphatic carbocycles. The standard InChI is InChI=1S/C20H17FN4O2S/c1-2-28(26,27)25-16-5-3-4-14(10-16)19-17-11-18(24-20(17)23-12-22-19)13-6-8-15(21)9-7-13/h3-12,25H,2H2,1H3,(H,22,23,24). The molecular formula is C20H17FN4O2S. The van der Waals surface area contributed by atoms with Crippen molar-refractivity contribution in [2.24, 2.45) is 0 Å². The number of aromatic amines is 1. The minimum atomic E-state index is -3.37. The van der Waals surface area contributed by atoms with Crippen molar-refractivity contribution in [1.82, 2.24) is 15.0 Å². The lowest BCUT2D eigenvalue weighted by molar-refractivity contribution is 0.602. The molecule has 28 heavy (non-hydrogen) atoms. The largest absolute Gasteiger partial charge is 0.339 e. The summed E-state index contributed by atoms with van der Waals surface area (Å²) in [5, 5.41) is 0.789. The molecule has 0 fully saturated rings. The van der Waals surface area contributed by atoms with Crippen LogP contribution in [-0.2, 0) is 10.0 Å². The Morgan fingerprint density at radius 2 is 1.82 bits per heavy atom. The van der Waals surface area contributed by atoms with Gasteiger partial charge in [-0.3, -0.25) is 4.72 Å². The highest BCUT2D eigenvalue weighted by atomic mass is 32.2. The molecule has 0 bridgehead atoms. The van der Waals surface area contributed by atoms with Gasteiger partial charge < -0.3 is 4.98 Å². The van der Waals surface area contributed by atoms with Crippen molar-refractivity contribution < 1.29 is 12.8 Å². The summed E-state index contributed by atoms with van der Waals surface area (Å²) in [6.45, 7) is 1.58. The fourth-order valence-electron chi connectivity index (χ4n) is 2.94. The highest BCUT2D eigenvalue weighted by molar-refractivity contribution is 7.92. The zero-order chi connectivity index (χ0) is 19.7. The maximum atomic E-state index is 13.2. The van der Waals surface area contributed by atoms with Crippen molar-refractivity contribution in [3.05, 3.63) is 66.7 Å². The van der Waals surface area contributed by atoms with Crippen molar-refractivity contribution in [2.75, 3.05) is 10.5 Å². The topological polar surface area (TPSA) is 87.7 Å². The van der Waals surface area contributed by atoms with E-state index in [1.807, 2.05) is 12.1 Å². The van der Waals surface area contributed by atoms with Gasteiger partial charge in [0.05, 0.1) is 11.4 Å². The fraction of sp³-hybridized carbons (Fsp3) is 0.100. The number of nitrogens with zero attached hydrogens (tertiary/aromatic N) is 2. The number of hydrogen-bond donors (Lipinski definition) is 2. The quantitative estimate of drug-likeness (QED) is 0.529. The SMILES string of the molecule is CCS(=O)(=O)Nc1cccc(-c2ncnc3[nH]c(-c4ccc(F)cc4)cc23)c1. The molecule has 4 rings (SSSR count). The lowest BCUT2D eigenvalue weighted by Crippen LogP contribution is -2.14. The van der Waals surface area contributed by atoms with Gasteiger partial charge in [-0.1, -0.05) is 12.1 Å². The number of anilines is 1. The summed E-state index contributed by atoms with van der Waals surface area (Å²) in [5.41, 5.74) is 4.17. The monoisotopic (exact) mass is 396 g/mol. The zero-order valence-electron chi connectivity index (χ0n) is 15.0. The highest BCUT2D eigenvalue weighted by Gasteiger charge is 2.13. The molecule has 2 heterocycles.